The molecule has 2 N–H and O–H groups in total. The molecule has 0 atom stereocenters. The normalized spacial score (nSPS) is 12.1. The number of sulfonamides is 1. The molecule has 0 aliphatic carbocycles. The van der Waals surface area contributed by atoms with Crippen LogP contribution >= 0.6 is 12.2 Å². The van der Waals surface area contributed by atoms with Gasteiger partial charge in [-0.15, -0.1) is 0 Å². The van der Waals surface area contributed by atoms with Crippen molar-refractivity contribution in [2.45, 2.75) is 13.0 Å². The van der Waals surface area contributed by atoms with Gasteiger partial charge in [0.1, 0.15) is 5.82 Å². The fourth-order valence-corrected chi connectivity index (χ4v) is 2.66. The summed E-state index contributed by atoms with van der Waals surface area (Å²) in [5.41, 5.74) is 1.45. The average molecular weight is 303 g/mol. The van der Waals surface area contributed by atoms with Gasteiger partial charge >= 0.3 is 0 Å². The van der Waals surface area contributed by atoms with Crippen molar-refractivity contribution in [1.82, 2.24) is 14.3 Å². The van der Waals surface area contributed by atoms with E-state index in [4.69, 9.17) is 12.2 Å². The number of halogens is 1. The Balaban J connectivity index is 2.14. The monoisotopic (exact) mass is 303 g/mol. The molecule has 0 fully saturated rings. The molecule has 0 radical (unpaired) electrons. The summed E-state index contributed by atoms with van der Waals surface area (Å²) < 4.78 is 39.7. The summed E-state index contributed by atoms with van der Waals surface area (Å²) in [6, 6.07) is 4.40. The third-order valence-electron chi connectivity index (χ3n) is 2.66. The van der Waals surface area contributed by atoms with Crippen LogP contribution in [0, 0.1) is 10.6 Å². The predicted octanol–water partition coefficient (Wildman–Crippen LogP) is 1.78. The van der Waals surface area contributed by atoms with Gasteiger partial charge in [-0.3, -0.25) is 0 Å². The number of fused-ring (bicyclic) bond motifs is 1. The molecule has 19 heavy (non-hydrogen) atoms. The van der Waals surface area contributed by atoms with Crippen molar-refractivity contribution in [3.63, 3.8) is 0 Å². The standard InChI is InChI=1S/C11H14FN3O2S2/c1-19(16,17)13-5-2-6-15-10-7-8(12)3-4-9(10)14-11(15)18/h3-4,7,13H,2,5-6H2,1H3,(H,14,18). The Hall–Kier alpha value is -1.25. The van der Waals surface area contributed by atoms with Gasteiger partial charge in [0.15, 0.2) is 4.77 Å². The number of hydrogen-bond donors (Lipinski definition) is 2. The zero-order valence-corrected chi connectivity index (χ0v) is 11.9. The Morgan fingerprint density at radius 1 is 1.47 bits per heavy atom. The molecular weight excluding hydrogens is 289 g/mol. The summed E-state index contributed by atoms with van der Waals surface area (Å²) in [4.78, 5) is 2.98. The fourth-order valence-electron chi connectivity index (χ4n) is 1.84. The lowest BCUT2D eigenvalue weighted by Gasteiger charge is -2.05. The molecule has 0 unspecified atom stereocenters. The van der Waals surface area contributed by atoms with Crippen molar-refractivity contribution in [2.24, 2.45) is 0 Å². The Morgan fingerprint density at radius 3 is 2.89 bits per heavy atom. The first-order chi connectivity index (χ1) is 8.87. The van der Waals surface area contributed by atoms with Crippen molar-refractivity contribution in [3.8, 4) is 0 Å². The van der Waals surface area contributed by atoms with E-state index in [0.717, 1.165) is 11.8 Å². The molecular formula is C11H14FN3O2S2. The molecule has 104 valence electrons. The van der Waals surface area contributed by atoms with Crippen molar-refractivity contribution in [1.29, 1.82) is 0 Å². The Bertz CT molecular complexity index is 749. The van der Waals surface area contributed by atoms with Crippen LogP contribution in [0.5, 0.6) is 0 Å². The Labute approximate surface area is 115 Å². The first-order valence-electron chi connectivity index (χ1n) is 5.69. The van der Waals surface area contributed by atoms with Gasteiger partial charge in [0, 0.05) is 13.1 Å². The number of nitrogens with one attached hydrogen (secondary N) is 2. The number of aromatic nitrogens is 2. The molecule has 0 saturated heterocycles. The van der Waals surface area contributed by atoms with E-state index in [9.17, 15) is 12.8 Å². The van der Waals surface area contributed by atoms with Crippen LogP contribution < -0.4 is 4.72 Å². The quantitative estimate of drug-likeness (QED) is 0.653. The highest BCUT2D eigenvalue weighted by Gasteiger charge is 2.06. The third-order valence-corrected chi connectivity index (χ3v) is 3.71. The SMILES string of the molecule is CS(=O)(=O)NCCCn1c(=S)[nH]c2ccc(F)cc21. The van der Waals surface area contributed by atoms with Crippen molar-refractivity contribution < 1.29 is 12.8 Å². The highest BCUT2D eigenvalue weighted by molar-refractivity contribution is 7.88. The maximum absolute atomic E-state index is 13.2. The van der Waals surface area contributed by atoms with Gasteiger partial charge in [-0.05, 0) is 36.8 Å². The molecule has 8 heteroatoms. The molecule has 5 nitrogen and oxygen atoms in total. The second-order valence-corrected chi connectivity index (χ2v) is 6.48. The second-order valence-electron chi connectivity index (χ2n) is 4.26. The van der Waals surface area contributed by atoms with Gasteiger partial charge < -0.3 is 9.55 Å². The minimum Gasteiger partial charge on any atom is -0.331 e. The Kier molecular flexibility index (Phi) is 4.02. The molecule has 1 aromatic heterocycles. The first-order valence-corrected chi connectivity index (χ1v) is 7.99. The lowest BCUT2D eigenvalue weighted by molar-refractivity contribution is 0.576. The van der Waals surface area contributed by atoms with E-state index in [2.05, 4.69) is 9.71 Å². The lowest BCUT2D eigenvalue weighted by atomic mass is 10.3. The summed E-state index contributed by atoms with van der Waals surface area (Å²) in [6.07, 6.45) is 1.69. The lowest BCUT2D eigenvalue weighted by Crippen LogP contribution is -2.23. The van der Waals surface area contributed by atoms with Crippen LogP contribution in [0.3, 0.4) is 0 Å². The van der Waals surface area contributed by atoms with Gasteiger partial charge in [0.05, 0.1) is 17.3 Å². The van der Waals surface area contributed by atoms with Gasteiger partial charge in [-0.1, -0.05) is 0 Å². The number of aromatic amines is 1. The second kappa shape index (κ2) is 5.40. The molecule has 0 spiro atoms. The number of rotatable bonds is 5. The zero-order valence-electron chi connectivity index (χ0n) is 10.3. The highest BCUT2D eigenvalue weighted by Crippen LogP contribution is 2.15. The number of benzene rings is 1. The minimum atomic E-state index is -3.18. The van der Waals surface area contributed by atoms with E-state index in [-0.39, 0.29) is 5.82 Å². The van der Waals surface area contributed by atoms with Gasteiger partial charge in [-0.25, -0.2) is 17.5 Å². The predicted molar refractivity (Wildman–Crippen MR) is 74.5 cm³/mol. The number of nitrogens with zero attached hydrogens (tertiary/aromatic N) is 1. The topological polar surface area (TPSA) is 66.9 Å². The maximum atomic E-state index is 13.2. The van der Waals surface area contributed by atoms with Crippen LogP contribution in [-0.2, 0) is 16.6 Å². The smallest absolute Gasteiger partial charge is 0.208 e. The summed E-state index contributed by atoms with van der Waals surface area (Å²) >= 11 is 5.17. The number of H-pyrrole nitrogens is 1. The van der Waals surface area contributed by atoms with Crippen LogP contribution in [0.25, 0.3) is 11.0 Å². The Morgan fingerprint density at radius 2 is 2.21 bits per heavy atom. The summed E-state index contributed by atoms with van der Waals surface area (Å²) in [6.45, 7) is 0.841. The molecule has 0 amide bonds. The third kappa shape index (κ3) is 3.62. The molecule has 0 aliphatic rings. The summed E-state index contributed by atoms with van der Waals surface area (Å²) in [7, 11) is -3.18. The summed E-state index contributed by atoms with van der Waals surface area (Å²) in [5.74, 6) is -0.329. The van der Waals surface area contributed by atoms with Crippen LogP contribution in [0.15, 0.2) is 18.2 Å². The van der Waals surface area contributed by atoms with Gasteiger partial charge in [-0.2, -0.15) is 0 Å². The zero-order chi connectivity index (χ0) is 14.0. The molecule has 0 saturated carbocycles. The molecule has 1 aromatic carbocycles. The molecule has 2 rings (SSSR count). The molecule has 1 heterocycles. The van der Waals surface area contributed by atoms with Gasteiger partial charge in [0.25, 0.3) is 0 Å². The van der Waals surface area contributed by atoms with E-state index < -0.39 is 10.0 Å². The van der Waals surface area contributed by atoms with Crippen molar-refractivity contribution in [3.05, 3.63) is 28.8 Å². The van der Waals surface area contributed by atoms with Gasteiger partial charge in [0.2, 0.25) is 10.0 Å². The first kappa shape index (κ1) is 14.2. The summed E-state index contributed by atoms with van der Waals surface area (Å²) in [5, 5.41) is 0. The highest BCUT2D eigenvalue weighted by atomic mass is 32.2. The van der Waals surface area contributed by atoms with Crippen LogP contribution in [-0.4, -0.2) is 30.8 Å². The fraction of sp³-hybridized carbons (Fsp3) is 0.364. The van der Waals surface area contributed by atoms with E-state index >= 15 is 0 Å². The molecule has 0 aliphatic heterocycles. The maximum Gasteiger partial charge on any atom is 0.208 e. The van der Waals surface area contributed by atoms with Crippen molar-refractivity contribution in [2.75, 3.05) is 12.8 Å². The van der Waals surface area contributed by atoms with E-state index in [1.807, 2.05) is 0 Å². The van der Waals surface area contributed by atoms with Crippen LogP contribution in [0.2, 0.25) is 0 Å². The number of imidazole rings is 1. The van der Waals surface area contributed by atoms with Crippen LogP contribution in [0.1, 0.15) is 6.42 Å². The average Bonchev–Trinajstić information content (AvgIpc) is 2.59. The van der Waals surface area contributed by atoms with Crippen molar-refractivity contribution >= 4 is 33.3 Å². The minimum absolute atomic E-state index is 0.322. The van der Waals surface area contributed by atoms with E-state index in [0.29, 0.717) is 29.8 Å². The number of aryl methyl sites for hydroxylation is 1. The van der Waals surface area contributed by atoms with E-state index in [1.165, 1.54) is 12.1 Å². The van der Waals surface area contributed by atoms with Crippen LogP contribution in [0.4, 0.5) is 4.39 Å². The molecule has 0 bridgehead atoms. The van der Waals surface area contributed by atoms with E-state index in [1.54, 1.807) is 10.6 Å². The largest absolute Gasteiger partial charge is 0.331 e. The number of hydrogen-bond acceptors (Lipinski definition) is 3. The molecule has 2 aromatic rings.